The summed E-state index contributed by atoms with van der Waals surface area (Å²) in [5, 5.41) is 2.84. The SMILES string of the molecule is CCOc1cc(C(=O)Nc2cccc(C(=O)c3ccccc3)c2)ccc1OCC(=O)N1CCCCC1. The van der Waals surface area contributed by atoms with Crippen molar-refractivity contribution in [1.29, 1.82) is 0 Å². The maximum absolute atomic E-state index is 13.0. The van der Waals surface area contributed by atoms with E-state index in [9.17, 15) is 14.4 Å². The van der Waals surface area contributed by atoms with Crippen LogP contribution >= 0.6 is 0 Å². The molecule has 3 aromatic rings. The summed E-state index contributed by atoms with van der Waals surface area (Å²) in [4.78, 5) is 40.0. The standard InChI is InChI=1S/C29H30N2O5/c1-2-35-26-19-23(14-15-25(26)36-20-27(32)31-16-7-4-8-17-31)29(34)30-24-13-9-12-22(18-24)28(33)21-10-5-3-6-11-21/h3,5-6,9-15,18-19H,2,4,7-8,16-17,20H2,1H3,(H,30,34). The number of amides is 2. The van der Waals surface area contributed by atoms with Gasteiger partial charge in [0.25, 0.3) is 11.8 Å². The number of nitrogens with one attached hydrogen (secondary N) is 1. The lowest BCUT2D eigenvalue weighted by molar-refractivity contribution is -0.134. The van der Waals surface area contributed by atoms with Crippen LogP contribution < -0.4 is 14.8 Å². The topological polar surface area (TPSA) is 84.9 Å². The number of hydrogen-bond acceptors (Lipinski definition) is 5. The van der Waals surface area contributed by atoms with E-state index in [1.54, 1.807) is 54.6 Å². The van der Waals surface area contributed by atoms with E-state index in [-0.39, 0.29) is 24.2 Å². The lowest BCUT2D eigenvalue weighted by Gasteiger charge is -2.26. The van der Waals surface area contributed by atoms with Crippen molar-refractivity contribution in [3.8, 4) is 11.5 Å². The van der Waals surface area contributed by atoms with Gasteiger partial charge in [-0.25, -0.2) is 0 Å². The van der Waals surface area contributed by atoms with E-state index in [2.05, 4.69) is 5.32 Å². The second-order valence-electron chi connectivity index (χ2n) is 8.55. The molecule has 4 rings (SSSR count). The van der Waals surface area contributed by atoms with Gasteiger partial charge in [-0.05, 0) is 56.5 Å². The summed E-state index contributed by atoms with van der Waals surface area (Å²) in [6.45, 7) is 3.67. The smallest absolute Gasteiger partial charge is 0.260 e. The zero-order chi connectivity index (χ0) is 25.3. The minimum Gasteiger partial charge on any atom is -0.490 e. The monoisotopic (exact) mass is 486 g/mol. The Bertz CT molecular complexity index is 1220. The number of carbonyl (C=O) groups is 3. The van der Waals surface area contributed by atoms with Crippen molar-refractivity contribution < 1.29 is 23.9 Å². The van der Waals surface area contributed by atoms with Gasteiger partial charge in [-0.3, -0.25) is 14.4 Å². The van der Waals surface area contributed by atoms with E-state index in [0.717, 1.165) is 32.4 Å². The van der Waals surface area contributed by atoms with Gasteiger partial charge in [0, 0.05) is 35.5 Å². The first-order valence-electron chi connectivity index (χ1n) is 12.2. The van der Waals surface area contributed by atoms with Gasteiger partial charge in [0.1, 0.15) is 0 Å². The molecule has 1 fully saturated rings. The van der Waals surface area contributed by atoms with Gasteiger partial charge in [-0.2, -0.15) is 0 Å². The third-order valence-corrected chi connectivity index (χ3v) is 5.98. The van der Waals surface area contributed by atoms with Gasteiger partial charge < -0.3 is 19.7 Å². The minimum atomic E-state index is -0.351. The summed E-state index contributed by atoms with van der Waals surface area (Å²) in [6.07, 6.45) is 3.18. The second kappa shape index (κ2) is 12.0. The number of piperidine rings is 1. The Kier molecular flexibility index (Phi) is 8.34. The second-order valence-corrected chi connectivity index (χ2v) is 8.55. The zero-order valence-corrected chi connectivity index (χ0v) is 20.4. The van der Waals surface area contributed by atoms with Crippen molar-refractivity contribution in [2.45, 2.75) is 26.2 Å². The minimum absolute atomic E-state index is 0.0519. The van der Waals surface area contributed by atoms with E-state index in [0.29, 0.717) is 40.5 Å². The van der Waals surface area contributed by atoms with Crippen molar-refractivity contribution in [3.63, 3.8) is 0 Å². The number of ether oxygens (including phenoxy) is 2. The molecule has 3 aromatic carbocycles. The average Bonchev–Trinajstić information content (AvgIpc) is 2.93. The molecule has 2 amide bonds. The molecule has 0 unspecified atom stereocenters. The van der Waals surface area contributed by atoms with Gasteiger partial charge in [0.05, 0.1) is 6.61 Å². The van der Waals surface area contributed by atoms with Crippen LogP contribution in [0.4, 0.5) is 5.69 Å². The highest BCUT2D eigenvalue weighted by molar-refractivity contribution is 6.10. The van der Waals surface area contributed by atoms with Crippen molar-refractivity contribution in [2.24, 2.45) is 0 Å². The van der Waals surface area contributed by atoms with Crippen LogP contribution in [0.5, 0.6) is 11.5 Å². The Morgan fingerprint density at radius 2 is 1.53 bits per heavy atom. The fourth-order valence-electron chi connectivity index (χ4n) is 4.11. The molecule has 1 heterocycles. The number of anilines is 1. The van der Waals surface area contributed by atoms with E-state index in [4.69, 9.17) is 9.47 Å². The molecule has 7 heteroatoms. The maximum atomic E-state index is 13.0. The van der Waals surface area contributed by atoms with Crippen molar-refractivity contribution in [3.05, 3.63) is 89.5 Å². The summed E-state index contributed by atoms with van der Waals surface area (Å²) in [5.41, 5.74) is 1.94. The summed E-state index contributed by atoms with van der Waals surface area (Å²) in [5.74, 6) is 0.282. The molecule has 1 saturated heterocycles. The lowest BCUT2D eigenvalue weighted by Crippen LogP contribution is -2.38. The summed E-state index contributed by atoms with van der Waals surface area (Å²) in [6, 6.07) is 20.7. The highest BCUT2D eigenvalue weighted by Gasteiger charge is 2.19. The normalized spacial score (nSPS) is 13.1. The summed E-state index contributed by atoms with van der Waals surface area (Å²) in [7, 11) is 0. The molecule has 1 N–H and O–H groups in total. The van der Waals surface area contributed by atoms with Crippen molar-refractivity contribution in [2.75, 3.05) is 31.6 Å². The highest BCUT2D eigenvalue weighted by atomic mass is 16.5. The van der Waals surface area contributed by atoms with Gasteiger partial charge in [0.2, 0.25) is 0 Å². The first-order chi connectivity index (χ1) is 17.5. The summed E-state index contributed by atoms with van der Waals surface area (Å²) >= 11 is 0. The predicted octanol–water partition coefficient (Wildman–Crippen LogP) is 4.96. The molecule has 0 aliphatic carbocycles. The summed E-state index contributed by atoms with van der Waals surface area (Å²) < 4.78 is 11.4. The average molecular weight is 487 g/mol. The number of ketones is 1. The van der Waals surface area contributed by atoms with Crippen molar-refractivity contribution >= 4 is 23.3 Å². The Balaban J connectivity index is 1.43. The predicted molar refractivity (Wildman–Crippen MR) is 138 cm³/mol. The number of carbonyl (C=O) groups excluding carboxylic acids is 3. The van der Waals surface area contributed by atoms with Crippen LogP contribution in [0, 0.1) is 0 Å². The van der Waals surface area contributed by atoms with E-state index in [1.165, 1.54) is 0 Å². The zero-order valence-electron chi connectivity index (χ0n) is 20.4. The molecule has 0 atom stereocenters. The lowest BCUT2D eigenvalue weighted by atomic mass is 10.0. The third kappa shape index (κ3) is 6.30. The van der Waals surface area contributed by atoms with E-state index < -0.39 is 0 Å². The molecule has 1 aliphatic rings. The van der Waals surface area contributed by atoms with Gasteiger partial charge in [-0.1, -0.05) is 42.5 Å². The number of benzene rings is 3. The molecule has 186 valence electrons. The molecule has 0 bridgehead atoms. The maximum Gasteiger partial charge on any atom is 0.260 e. The van der Waals surface area contributed by atoms with Crippen LogP contribution in [0.15, 0.2) is 72.8 Å². The number of hydrogen-bond donors (Lipinski definition) is 1. The third-order valence-electron chi connectivity index (χ3n) is 5.98. The molecule has 36 heavy (non-hydrogen) atoms. The molecule has 0 radical (unpaired) electrons. The number of nitrogens with zero attached hydrogens (tertiary/aromatic N) is 1. The van der Waals surface area contributed by atoms with E-state index in [1.807, 2.05) is 30.0 Å². The van der Waals surface area contributed by atoms with Crippen LogP contribution in [-0.4, -0.2) is 48.8 Å². The Hall–Kier alpha value is -4.13. The molecule has 0 aromatic heterocycles. The first kappa shape index (κ1) is 25.0. The fraction of sp³-hybridized carbons (Fsp3) is 0.276. The Labute approximate surface area is 211 Å². The molecule has 1 aliphatic heterocycles. The van der Waals surface area contributed by atoms with Gasteiger partial charge in [-0.15, -0.1) is 0 Å². The first-order valence-corrected chi connectivity index (χ1v) is 12.2. The van der Waals surface area contributed by atoms with E-state index >= 15 is 0 Å². The quantitative estimate of drug-likeness (QED) is 0.432. The van der Waals surface area contributed by atoms with Crippen molar-refractivity contribution in [1.82, 2.24) is 4.90 Å². The van der Waals surface area contributed by atoms with Crippen LogP contribution in [0.2, 0.25) is 0 Å². The van der Waals surface area contributed by atoms with Crippen LogP contribution in [-0.2, 0) is 4.79 Å². The largest absolute Gasteiger partial charge is 0.490 e. The van der Waals surface area contributed by atoms with Crippen LogP contribution in [0.3, 0.4) is 0 Å². The molecule has 0 saturated carbocycles. The highest BCUT2D eigenvalue weighted by Crippen LogP contribution is 2.29. The Morgan fingerprint density at radius 1 is 0.778 bits per heavy atom. The molecule has 0 spiro atoms. The number of rotatable bonds is 9. The van der Waals surface area contributed by atoms with Gasteiger partial charge in [0.15, 0.2) is 23.9 Å². The molecule has 7 nitrogen and oxygen atoms in total. The number of likely N-dealkylation sites (tertiary alicyclic amines) is 1. The Morgan fingerprint density at radius 3 is 2.28 bits per heavy atom. The fourth-order valence-corrected chi connectivity index (χ4v) is 4.11. The van der Waals surface area contributed by atoms with Crippen LogP contribution in [0.1, 0.15) is 52.5 Å². The van der Waals surface area contributed by atoms with Crippen LogP contribution in [0.25, 0.3) is 0 Å². The molecular formula is C29H30N2O5. The van der Waals surface area contributed by atoms with Gasteiger partial charge >= 0.3 is 0 Å². The molecular weight excluding hydrogens is 456 g/mol.